The van der Waals surface area contributed by atoms with Crippen LogP contribution in [0.1, 0.15) is 25.3 Å². The van der Waals surface area contributed by atoms with Gasteiger partial charge in [0.05, 0.1) is 7.11 Å². The number of esters is 1. The number of benzene rings is 1. The fraction of sp³-hybridized carbons (Fsp3) is 0.462. The molecule has 0 spiro atoms. The number of hydrogen-bond donors (Lipinski definition) is 1. The van der Waals surface area contributed by atoms with Crippen LogP contribution in [0.15, 0.2) is 30.3 Å². The van der Waals surface area contributed by atoms with Gasteiger partial charge in [0, 0.05) is 6.42 Å². The monoisotopic (exact) mass is 221 g/mol. The molecule has 0 aromatic heterocycles. The summed E-state index contributed by atoms with van der Waals surface area (Å²) in [6, 6.07) is 9.78. The summed E-state index contributed by atoms with van der Waals surface area (Å²) in [4.78, 5) is 11.7. The van der Waals surface area contributed by atoms with Gasteiger partial charge in [-0.15, -0.1) is 0 Å². The van der Waals surface area contributed by atoms with Gasteiger partial charge in [0.2, 0.25) is 0 Å². The number of hydrogen-bond acceptors (Lipinski definition) is 3. The Labute approximate surface area is 96.6 Å². The average Bonchev–Trinajstić information content (AvgIpc) is 2.29. The Bertz CT molecular complexity index is 337. The molecule has 0 saturated carbocycles. The summed E-state index contributed by atoms with van der Waals surface area (Å²) in [5.41, 5.74) is 6.28. The molecule has 0 amide bonds. The van der Waals surface area contributed by atoms with E-state index in [9.17, 15) is 4.79 Å². The Morgan fingerprint density at radius 3 is 2.50 bits per heavy atom. The molecule has 3 nitrogen and oxygen atoms in total. The summed E-state index contributed by atoms with van der Waals surface area (Å²) < 4.78 is 4.78. The van der Waals surface area contributed by atoms with Crippen molar-refractivity contribution in [1.29, 1.82) is 0 Å². The summed E-state index contributed by atoms with van der Waals surface area (Å²) >= 11 is 0. The van der Waals surface area contributed by atoms with E-state index in [2.05, 4.69) is 0 Å². The van der Waals surface area contributed by atoms with Crippen molar-refractivity contribution < 1.29 is 9.53 Å². The first-order chi connectivity index (χ1) is 7.62. The molecule has 0 aliphatic heterocycles. The smallest absolute Gasteiger partial charge is 0.326 e. The Morgan fingerprint density at radius 2 is 2.00 bits per heavy atom. The minimum absolute atomic E-state index is 0.335. The lowest BCUT2D eigenvalue weighted by atomic mass is 9.87. The number of rotatable bonds is 5. The van der Waals surface area contributed by atoms with Crippen molar-refractivity contribution in [2.45, 2.75) is 31.7 Å². The molecule has 0 bridgehead atoms. The minimum Gasteiger partial charge on any atom is -0.468 e. The van der Waals surface area contributed by atoms with Crippen LogP contribution in [0.2, 0.25) is 0 Å². The largest absolute Gasteiger partial charge is 0.468 e. The Hall–Kier alpha value is -1.35. The number of ether oxygens (including phenoxy) is 1. The maximum absolute atomic E-state index is 11.7. The molecule has 0 aliphatic carbocycles. The van der Waals surface area contributed by atoms with Crippen molar-refractivity contribution in [1.82, 2.24) is 0 Å². The molecule has 1 aromatic rings. The summed E-state index contributed by atoms with van der Waals surface area (Å²) in [6.07, 6.45) is 2.02. The molecular weight excluding hydrogens is 202 g/mol. The van der Waals surface area contributed by atoms with Crippen LogP contribution in [-0.4, -0.2) is 18.6 Å². The van der Waals surface area contributed by atoms with Gasteiger partial charge >= 0.3 is 5.97 Å². The van der Waals surface area contributed by atoms with Crippen LogP contribution in [0, 0.1) is 0 Å². The van der Waals surface area contributed by atoms with Crippen molar-refractivity contribution in [3.8, 4) is 0 Å². The second kappa shape index (κ2) is 5.66. The molecule has 2 N–H and O–H groups in total. The van der Waals surface area contributed by atoms with Crippen molar-refractivity contribution >= 4 is 5.97 Å². The molecule has 1 aromatic carbocycles. The molecule has 1 rings (SSSR count). The normalized spacial score (nSPS) is 14.2. The van der Waals surface area contributed by atoms with Gasteiger partial charge in [-0.2, -0.15) is 0 Å². The highest BCUT2D eigenvalue weighted by Gasteiger charge is 2.34. The highest BCUT2D eigenvalue weighted by atomic mass is 16.5. The SMILES string of the molecule is CCC[C@](N)(Cc1ccccc1)C(=O)OC. The Morgan fingerprint density at radius 1 is 1.38 bits per heavy atom. The second-order valence-electron chi connectivity index (χ2n) is 4.06. The fourth-order valence-electron chi connectivity index (χ4n) is 1.87. The van der Waals surface area contributed by atoms with Gasteiger partial charge in [-0.1, -0.05) is 43.7 Å². The maximum atomic E-state index is 11.7. The predicted molar refractivity (Wildman–Crippen MR) is 64.0 cm³/mol. The van der Waals surface area contributed by atoms with Gasteiger partial charge < -0.3 is 10.5 Å². The molecular formula is C13H19NO2. The molecule has 0 unspecified atom stereocenters. The molecule has 3 heteroatoms. The van der Waals surface area contributed by atoms with Crippen LogP contribution in [0.4, 0.5) is 0 Å². The molecule has 0 fully saturated rings. The van der Waals surface area contributed by atoms with Crippen LogP contribution in [0.25, 0.3) is 0 Å². The van der Waals surface area contributed by atoms with Gasteiger partial charge in [-0.3, -0.25) is 4.79 Å². The zero-order valence-electron chi connectivity index (χ0n) is 9.90. The van der Waals surface area contributed by atoms with Crippen molar-refractivity contribution in [3.63, 3.8) is 0 Å². The van der Waals surface area contributed by atoms with Gasteiger partial charge in [-0.05, 0) is 12.0 Å². The summed E-state index contributed by atoms with van der Waals surface area (Å²) in [6.45, 7) is 2.01. The van der Waals surface area contributed by atoms with Crippen LogP contribution >= 0.6 is 0 Å². The standard InChI is InChI=1S/C13H19NO2/c1-3-9-13(14,12(15)16-2)10-11-7-5-4-6-8-11/h4-8H,3,9-10,14H2,1-2H3/t13-/m0/s1. The fourth-order valence-corrected chi connectivity index (χ4v) is 1.87. The first kappa shape index (κ1) is 12.7. The van der Waals surface area contributed by atoms with E-state index in [1.165, 1.54) is 7.11 Å². The van der Waals surface area contributed by atoms with E-state index in [1.807, 2.05) is 37.3 Å². The molecule has 0 heterocycles. The highest BCUT2D eigenvalue weighted by Crippen LogP contribution is 2.18. The van der Waals surface area contributed by atoms with E-state index in [0.29, 0.717) is 12.8 Å². The van der Waals surface area contributed by atoms with Gasteiger partial charge in [0.15, 0.2) is 0 Å². The predicted octanol–water partition coefficient (Wildman–Crippen LogP) is 1.90. The lowest BCUT2D eigenvalue weighted by molar-refractivity contribution is -0.147. The summed E-state index contributed by atoms with van der Waals surface area (Å²) in [5, 5.41) is 0. The van der Waals surface area contributed by atoms with Crippen LogP contribution < -0.4 is 5.73 Å². The van der Waals surface area contributed by atoms with Gasteiger partial charge in [-0.25, -0.2) is 0 Å². The van der Waals surface area contributed by atoms with Crippen LogP contribution in [0.5, 0.6) is 0 Å². The van der Waals surface area contributed by atoms with E-state index in [-0.39, 0.29) is 5.97 Å². The zero-order valence-corrected chi connectivity index (χ0v) is 9.90. The summed E-state index contributed by atoms with van der Waals surface area (Å²) in [7, 11) is 1.38. The lowest BCUT2D eigenvalue weighted by Crippen LogP contribution is -2.50. The van der Waals surface area contributed by atoms with E-state index < -0.39 is 5.54 Å². The number of methoxy groups -OCH3 is 1. The van der Waals surface area contributed by atoms with Crippen molar-refractivity contribution in [3.05, 3.63) is 35.9 Å². The topological polar surface area (TPSA) is 52.3 Å². The molecule has 0 aliphatic rings. The van der Waals surface area contributed by atoms with E-state index >= 15 is 0 Å². The average molecular weight is 221 g/mol. The quantitative estimate of drug-likeness (QED) is 0.773. The third kappa shape index (κ3) is 3.07. The molecule has 16 heavy (non-hydrogen) atoms. The number of carbonyl (C=O) groups is 1. The van der Waals surface area contributed by atoms with Crippen LogP contribution in [0.3, 0.4) is 0 Å². The molecule has 88 valence electrons. The zero-order chi connectivity index (χ0) is 12.0. The minimum atomic E-state index is -0.898. The lowest BCUT2D eigenvalue weighted by Gasteiger charge is -2.26. The summed E-state index contributed by atoms with van der Waals surface area (Å²) in [5.74, 6) is -0.335. The Balaban J connectivity index is 2.83. The van der Waals surface area contributed by atoms with Crippen molar-refractivity contribution in [2.75, 3.05) is 7.11 Å². The second-order valence-corrected chi connectivity index (χ2v) is 4.06. The number of carbonyl (C=O) groups excluding carboxylic acids is 1. The first-order valence-corrected chi connectivity index (χ1v) is 5.53. The van der Waals surface area contributed by atoms with Crippen LogP contribution in [-0.2, 0) is 16.0 Å². The van der Waals surface area contributed by atoms with Crippen molar-refractivity contribution in [2.24, 2.45) is 5.73 Å². The molecule has 0 saturated heterocycles. The molecule has 0 radical (unpaired) electrons. The first-order valence-electron chi connectivity index (χ1n) is 5.53. The van der Waals surface area contributed by atoms with E-state index in [4.69, 9.17) is 10.5 Å². The third-order valence-corrected chi connectivity index (χ3v) is 2.65. The van der Waals surface area contributed by atoms with Gasteiger partial charge in [0.25, 0.3) is 0 Å². The van der Waals surface area contributed by atoms with Gasteiger partial charge in [0.1, 0.15) is 5.54 Å². The maximum Gasteiger partial charge on any atom is 0.326 e. The Kier molecular flexibility index (Phi) is 4.50. The third-order valence-electron chi connectivity index (χ3n) is 2.65. The number of nitrogens with two attached hydrogens (primary N) is 1. The highest BCUT2D eigenvalue weighted by molar-refractivity contribution is 5.80. The van der Waals surface area contributed by atoms with E-state index in [0.717, 1.165) is 12.0 Å². The van der Waals surface area contributed by atoms with E-state index in [1.54, 1.807) is 0 Å². The molecule has 1 atom stereocenters.